The zero-order chi connectivity index (χ0) is 10.0. The van der Waals surface area contributed by atoms with Gasteiger partial charge in [0.15, 0.2) is 0 Å². The molecule has 0 saturated heterocycles. The first-order valence-corrected chi connectivity index (χ1v) is 3.92. The molecule has 0 aliphatic heterocycles. The van der Waals surface area contributed by atoms with E-state index in [2.05, 4.69) is 0 Å². The number of aryl methyl sites for hydroxylation is 2. The topological polar surface area (TPSA) is 60.2 Å². The molecule has 0 radical (unpaired) electrons. The van der Waals surface area contributed by atoms with Crippen molar-refractivity contribution in [1.29, 1.82) is 0 Å². The fourth-order valence-electron chi connectivity index (χ4n) is 1.45. The van der Waals surface area contributed by atoms with Gasteiger partial charge in [0.2, 0.25) is 5.91 Å². The second kappa shape index (κ2) is 3.39. The summed E-state index contributed by atoms with van der Waals surface area (Å²) in [4.78, 5) is 21.5. The molecule has 1 rings (SSSR count). The Balaban J connectivity index is 3.39. The summed E-state index contributed by atoms with van der Waals surface area (Å²) in [5.41, 5.74) is 7.74. The molecular formula is C10H11NO2. The molecule has 0 saturated carbocycles. The van der Waals surface area contributed by atoms with Gasteiger partial charge in [-0.25, -0.2) is 0 Å². The van der Waals surface area contributed by atoms with Crippen LogP contribution >= 0.6 is 0 Å². The van der Waals surface area contributed by atoms with Crippen molar-refractivity contribution >= 4 is 12.2 Å². The van der Waals surface area contributed by atoms with Crippen molar-refractivity contribution < 1.29 is 9.59 Å². The third-order valence-electron chi connectivity index (χ3n) is 1.94. The first-order valence-electron chi connectivity index (χ1n) is 3.92. The molecule has 1 aromatic rings. The molecule has 0 aromatic heterocycles. The Morgan fingerprint density at radius 2 is 1.77 bits per heavy atom. The number of hydrogen-bond acceptors (Lipinski definition) is 2. The van der Waals surface area contributed by atoms with E-state index in [4.69, 9.17) is 5.73 Å². The van der Waals surface area contributed by atoms with Crippen molar-refractivity contribution in [3.63, 3.8) is 0 Å². The van der Waals surface area contributed by atoms with E-state index in [1.807, 2.05) is 0 Å². The highest BCUT2D eigenvalue weighted by atomic mass is 16.1. The molecule has 0 aliphatic carbocycles. The lowest BCUT2D eigenvalue weighted by atomic mass is 9.99. The van der Waals surface area contributed by atoms with E-state index in [0.717, 1.165) is 17.4 Å². The maximum atomic E-state index is 11.0. The van der Waals surface area contributed by atoms with Gasteiger partial charge in [-0.15, -0.1) is 0 Å². The van der Waals surface area contributed by atoms with Gasteiger partial charge < -0.3 is 5.73 Å². The summed E-state index contributed by atoms with van der Waals surface area (Å²) in [5, 5.41) is 0. The maximum Gasteiger partial charge on any atom is 0.249 e. The van der Waals surface area contributed by atoms with Crippen LogP contribution in [-0.2, 0) is 0 Å². The van der Waals surface area contributed by atoms with E-state index in [1.165, 1.54) is 0 Å². The Labute approximate surface area is 76.6 Å². The lowest BCUT2D eigenvalue weighted by Gasteiger charge is -2.06. The average Bonchev–Trinajstić information content (AvgIpc) is 2.02. The van der Waals surface area contributed by atoms with Gasteiger partial charge in [-0.05, 0) is 37.1 Å². The SMILES string of the molecule is Cc1cc(C=O)cc(C)c1C(N)=O. The lowest BCUT2D eigenvalue weighted by Crippen LogP contribution is -2.14. The molecule has 68 valence electrons. The molecule has 0 heterocycles. The third kappa shape index (κ3) is 1.75. The highest BCUT2D eigenvalue weighted by molar-refractivity contribution is 5.96. The number of nitrogens with two attached hydrogens (primary N) is 1. The number of benzene rings is 1. The Kier molecular flexibility index (Phi) is 2.46. The summed E-state index contributed by atoms with van der Waals surface area (Å²) >= 11 is 0. The summed E-state index contributed by atoms with van der Waals surface area (Å²) in [7, 11) is 0. The maximum absolute atomic E-state index is 11.0. The molecule has 0 spiro atoms. The molecule has 0 atom stereocenters. The van der Waals surface area contributed by atoms with Crippen molar-refractivity contribution in [3.8, 4) is 0 Å². The van der Waals surface area contributed by atoms with Crippen LogP contribution in [0.1, 0.15) is 31.8 Å². The number of primary amides is 1. The van der Waals surface area contributed by atoms with Gasteiger partial charge in [-0.3, -0.25) is 9.59 Å². The van der Waals surface area contributed by atoms with Gasteiger partial charge in [-0.1, -0.05) is 0 Å². The van der Waals surface area contributed by atoms with Gasteiger partial charge >= 0.3 is 0 Å². The lowest BCUT2D eigenvalue weighted by molar-refractivity contribution is 0.0998. The fourth-order valence-corrected chi connectivity index (χ4v) is 1.45. The van der Waals surface area contributed by atoms with E-state index >= 15 is 0 Å². The van der Waals surface area contributed by atoms with E-state index < -0.39 is 5.91 Å². The molecule has 0 aliphatic rings. The molecule has 3 nitrogen and oxygen atoms in total. The summed E-state index contributed by atoms with van der Waals surface area (Å²) in [6, 6.07) is 3.31. The quantitative estimate of drug-likeness (QED) is 0.690. The second-order valence-electron chi connectivity index (χ2n) is 3.01. The normalized spacial score (nSPS) is 9.69. The minimum Gasteiger partial charge on any atom is -0.366 e. The average molecular weight is 177 g/mol. The van der Waals surface area contributed by atoms with Gasteiger partial charge in [0.1, 0.15) is 6.29 Å². The van der Waals surface area contributed by atoms with Gasteiger partial charge in [0.25, 0.3) is 0 Å². The standard InChI is InChI=1S/C10H11NO2/c1-6-3-8(5-12)4-7(2)9(6)10(11)13/h3-5H,1-2H3,(H2,11,13). The number of amides is 1. The summed E-state index contributed by atoms with van der Waals surface area (Å²) < 4.78 is 0. The molecule has 0 unspecified atom stereocenters. The van der Waals surface area contributed by atoms with Crippen molar-refractivity contribution in [3.05, 3.63) is 34.4 Å². The minimum absolute atomic E-state index is 0.451. The van der Waals surface area contributed by atoms with E-state index in [0.29, 0.717) is 11.1 Å². The number of aldehydes is 1. The van der Waals surface area contributed by atoms with E-state index in [9.17, 15) is 9.59 Å². The van der Waals surface area contributed by atoms with Crippen molar-refractivity contribution in [2.24, 2.45) is 5.73 Å². The van der Waals surface area contributed by atoms with Crippen molar-refractivity contribution in [2.75, 3.05) is 0 Å². The van der Waals surface area contributed by atoms with Crippen LogP contribution in [-0.4, -0.2) is 12.2 Å². The van der Waals surface area contributed by atoms with Crippen LogP contribution < -0.4 is 5.73 Å². The molecule has 0 fully saturated rings. The largest absolute Gasteiger partial charge is 0.366 e. The van der Waals surface area contributed by atoms with Crippen LogP contribution in [0.25, 0.3) is 0 Å². The van der Waals surface area contributed by atoms with Gasteiger partial charge in [0, 0.05) is 11.1 Å². The Morgan fingerprint density at radius 3 is 2.08 bits per heavy atom. The minimum atomic E-state index is -0.451. The Bertz CT molecular complexity index is 346. The predicted molar refractivity (Wildman–Crippen MR) is 49.8 cm³/mol. The highest BCUT2D eigenvalue weighted by Gasteiger charge is 2.09. The number of hydrogen-bond donors (Lipinski definition) is 1. The Hall–Kier alpha value is -1.64. The van der Waals surface area contributed by atoms with Crippen LogP contribution in [0.3, 0.4) is 0 Å². The fraction of sp³-hybridized carbons (Fsp3) is 0.200. The van der Waals surface area contributed by atoms with Crippen LogP contribution in [0.15, 0.2) is 12.1 Å². The van der Waals surface area contributed by atoms with Gasteiger partial charge in [-0.2, -0.15) is 0 Å². The molecule has 0 bridgehead atoms. The van der Waals surface area contributed by atoms with Crippen LogP contribution in [0.5, 0.6) is 0 Å². The van der Waals surface area contributed by atoms with E-state index in [-0.39, 0.29) is 0 Å². The van der Waals surface area contributed by atoms with Gasteiger partial charge in [0.05, 0.1) is 0 Å². The van der Waals surface area contributed by atoms with Crippen molar-refractivity contribution in [2.45, 2.75) is 13.8 Å². The monoisotopic (exact) mass is 177 g/mol. The van der Waals surface area contributed by atoms with E-state index in [1.54, 1.807) is 26.0 Å². The number of carbonyl (C=O) groups is 2. The molecule has 13 heavy (non-hydrogen) atoms. The van der Waals surface area contributed by atoms with Crippen molar-refractivity contribution in [1.82, 2.24) is 0 Å². The first kappa shape index (κ1) is 9.45. The van der Waals surface area contributed by atoms with Crippen LogP contribution in [0.4, 0.5) is 0 Å². The predicted octanol–water partition coefficient (Wildman–Crippen LogP) is 1.21. The summed E-state index contributed by atoms with van der Waals surface area (Å²) in [6.45, 7) is 3.53. The zero-order valence-corrected chi connectivity index (χ0v) is 7.63. The molecular weight excluding hydrogens is 166 g/mol. The molecule has 2 N–H and O–H groups in total. The second-order valence-corrected chi connectivity index (χ2v) is 3.01. The molecule has 1 amide bonds. The highest BCUT2D eigenvalue weighted by Crippen LogP contribution is 2.14. The van der Waals surface area contributed by atoms with Crippen LogP contribution in [0.2, 0.25) is 0 Å². The number of carbonyl (C=O) groups excluding carboxylic acids is 2. The summed E-state index contributed by atoms with van der Waals surface area (Å²) in [5.74, 6) is -0.451. The molecule has 1 aromatic carbocycles. The number of rotatable bonds is 2. The van der Waals surface area contributed by atoms with Crippen LogP contribution in [0, 0.1) is 13.8 Å². The third-order valence-corrected chi connectivity index (χ3v) is 1.94. The molecule has 3 heteroatoms. The first-order chi connectivity index (χ1) is 6.06. The Morgan fingerprint density at radius 1 is 1.31 bits per heavy atom. The zero-order valence-electron chi connectivity index (χ0n) is 7.63. The summed E-state index contributed by atoms with van der Waals surface area (Å²) in [6.07, 6.45) is 0.755. The smallest absolute Gasteiger partial charge is 0.249 e.